The summed E-state index contributed by atoms with van der Waals surface area (Å²) in [6.45, 7) is 0. The first-order chi connectivity index (χ1) is 10.1. The summed E-state index contributed by atoms with van der Waals surface area (Å²) in [5.41, 5.74) is 2.88. The zero-order valence-electron chi connectivity index (χ0n) is 11.3. The quantitative estimate of drug-likeness (QED) is 0.645. The first kappa shape index (κ1) is 14.1. The van der Waals surface area contributed by atoms with E-state index < -0.39 is 0 Å². The molecule has 0 saturated heterocycles. The molecule has 1 aliphatic rings. The molecule has 0 unspecified atom stereocenters. The number of rotatable bonds is 3. The molecule has 2 aromatic carbocycles. The number of nitrogens with one attached hydrogen (secondary N) is 1. The molecule has 0 spiro atoms. The minimum absolute atomic E-state index is 0.311. The van der Waals surface area contributed by atoms with E-state index in [-0.39, 0.29) is 11.8 Å². The molecule has 21 heavy (non-hydrogen) atoms. The van der Waals surface area contributed by atoms with Crippen LogP contribution in [0.5, 0.6) is 5.75 Å². The Kier molecular flexibility index (Phi) is 3.67. The van der Waals surface area contributed by atoms with Gasteiger partial charge in [0.2, 0.25) is 0 Å². The summed E-state index contributed by atoms with van der Waals surface area (Å²) in [5.74, 6) is 0.195. The summed E-state index contributed by atoms with van der Waals surface area (Å²) < 4.78 is 6.25. The van der Waals surface area contributed by atoms with Crippen molar-refractivity contribution in [2.24, 2.45) is 0 Å². The molecule has 106 valence electrons. The van der Waals surface area contributed by atoms with Gasteiger partial charge in [-0.15, -0.1) is 0 Å². The van der Waals surface area contributed by atoms with E-state index in [0.717, 1.165) is 20.4 Å². The highest BCUT2D eigenvalue weighted by atomic mass is 127. The maximum atomic E-state index is 11.9. The lowest BCUT2D eigenvalue weighted by Crippen LogP contribution is -2.20. The van der Waals surface area contributed by atoms with Gasteiger partial charge in [0.05, 0.1) is 21.8 Å². The molecule has 5 heteroatoms. The third-order valence-electron chi connectivity index (χ3n) is 3.46. The van der Waals surface area contributed by atoms with Crippen LogP contribution in [0.15, 0.2) is 36.4 Å². The van der Waals surface area contributed by atoms with Gasteiger partial charge < -0.3 is 4.74 Å². The second kappa shape index (κ2) is 5.48. The van der Waals surface area contributed by atoms with Crippen molar-refractivity contribution in [3.8, 4) is 5.75 Å². The molecule has 2 amide bonds. The van der Waals surface area contributed by atoms with Crippen molar-refractivity contribution in [2.75, 3.05) is 7.11 Å². The van der Waals surface area contributed by atoms with Crippen molar-refractivity contribution in [2.45, 2.75) is 6.42 Å². The van der Waals surface area contributed by atoms with Crippen molar-refractivity contribution in [1.82, 2.24) is 5.32 Å². The summed E-state index contributed by atoms with van der Waals surface area (Å²) in [4.78, 5) is 23.6. The van der Waals surface area contributed by atoms with Crippen LogP contribution in [0.3, 0.4) is 0 Å². The minimum atomic E-state index is -0.318. The van der Waals surface area contributed by atoms with Gasteiger partial charge in [0.15, 0.2) is 0 Å². The van der Waals surface area contributed by atoms with Crippen LogP contribution in [0.25, 0.3) is 0 Å². The van der Waals surface area contributed by atoms with E-state index in [1.54, 1.807) is 19.2 Å². The van der Waals surface area contributed by atoms with Crippen LogP contribution in [0.4, 0.5) is 0 Å². The maximum Gasteiger partial charge on any atom is 0.259 e. The van der Waals surface area contributed by atoms with Crippen LogP contribution < -0.4 is 10.1 Å². The summed E-state index contributed by atoms with van der Waals surface area (Å²) in [7, 11) is 1.64. The minimum Gasteiger partial charge on any atom is -0.496 e. The van der Waals surface area contributed by atoms with Crippen LogP contribution in [0.2, 0.25) is 0 Å². The number of hydrogen-bond donors (Lipinski definition) is 1. The number of benzene rings is 2. The molecule has 0 atom stereocenters. The molecule has 1 N–H and O–H groups in total. The standard InChI is InChI=1S/C16H12INO3/c1-21-13-6-5-9(8-12(13)17)7-10-3-2-4-11-14(10)16(20)18-15(11)19/h2-6,8H,7H2,1H3,(H,18,19,20). The smallest absolute Gasteiger partial charge is 0.259 e. The lowest BCUT2D eigenvalue weighted by Gasteiger charge is -2.08. The van der Waals surface area contributed by atoms with Crippen LogP contribution >= 0.6 is 22.6 Å². The molecule has 0 bridgehead atoms. The summed E-state index contributed by atoms with van der Waals surface area (Å²) in [6, 6.07) is 11.3. The highest BCUT2D eigenvalue weighted by Gasteiger charge is 2.28. The van der Waals surface area contributed by atoms with Gasteiger partial charge in [-0.25, -0.2) is 0 Å². The SMILES string of the molecule is COc1ccc(Cc2cccc3c2C(=O)NC3=O)cc1I. The summed E-state index contributed by atoms with van der Waals surface area (Å²) in [6.07, 6.45) is 0.601. The molecule has 1 heterocycles. The number of fused-ring (bicyclic) bond motifs is 1. The van der Waals surface area contributed by atoms with Crippen LogP contribution in [0.1, 0.15) is 31.8 Å². The number of methoxy groups -OCH3 is 1. The molecular formula is C16H12INO3. The number of imide groups is 1. The molecule has 0 fully saturated rings. The van der Waals surface area contributed by atoms with Gasteiger partial charge in [-0.2, -0.15) is 0 Å². The van der Waals surface area contributed by atoms with Crippen molar-refractivity contribution < 1.29 is 14.3 Å². The van der Waals surface area contributed by atoms with E-state index >= 15 is 0 Å². The normalized spacial score (nSPS) is 13.0. The fourth-order valence-electron chi connectivity index (χ4n) is 2.48. The van der Waals surface area contributed by atoms with E-state index in [4.69, 9.17) is 4.74 Å². The van der Waals surface area contributed by atoms with E-state index in [1.807, 2.05) is 24.3 Å². The maximum absolute atomic E-state index is 11.9. The molecule has 3 rings (SSSR count). The van der Waals surface area contributed by atoms with Crippen LogP contribution in [-0.4, -0.2) is 18.9 Å². The Morgan fingerprint density at radius 3 is 2.67 bits per heavy atom. The van der Waals surface area contributed by atoms with Crippen LogP contribution in [0, 0.1) is 3.57 Å². The van der Waals surface area contributed by atoms with Crippen molar-refractivity contribution in [1.29, 1.82) is 0 Å². The molecule has 0 radical (unpaired) electrons. The Bertz CT molecular complexity index is 755. The predicted octanol–water partition coefficient (Wildman–Crippen LogP) is 2.77. The predicted molar refractivity (Wildman–Crippen MR) is 86.8 cm³/mol. The topological polar surface area (TPSA) is 55.4 Å². The van der Waals surface area contributed by atoms with Gasteiger partial charge >= 0.3 is 0 Å². The second-order valence-corrected chi connectivity index (χ2v) is 5.93. The van der Waals surface area contributed by atoms with Gasteiger partial charge in [-0.05, 0) is 58.3 Å². The van der Waals surface area contributed by atoms with E-state index in [0.29, 0.717) is 17.5 Å². The average molecular weight is 393 g/mol. The molecular weight excluding hydrogens is 381 g/mol. The molecule has 4 nitrogen and oxygen atoms in total. The van der Waals surface area contributed by atoms with E-state index in [2.05, 4.69) is 27.9 Å². The number of amides is 2. The molecule has 0 aromatic heterocycles. The fraction of sp³-hybridized carbons (Fsp3) is 0.125. The Balaban J connectivity index is 1.98. The number of halogens is 1. The first-order valence-corrected chi connectivity index (χ1v) is 7.48. The Morgan fingerprint density at radius 1 is 1.14 bits per heavy atom. The molecule has 0 saturated carbocycles. The van der Waals surface area contributed by atoms with Gasteiger partial charge in [-0.1, -0.05) is 18.2 Å². The van der Waals surface area contributed by atoms with E-state index in [1.165, 1.54) is 0 Å². The molecule has 1 aliphatic heterocycles. The van der Waals surface area contributed by atoms with Crippen molar-refractivity contribution in [3.05, 3.63) is 62.2 Å². The number of carbonyl (C=O) groups excluding carboxylic acids is 2. The van der Waals surface area contributed by atoms with Crippen molar-refractivity contribution >= 4 is 34.4 Å². The van der Waals surface area contributed by atoms with Crippen LogP contribution in [-0.2, 0) is 6.42 Å². The lowest BCUT2D eigenvalue weighted by atomic mass is 9.97. The molecule has 2 aromatic rings. The highest BCUT2D eigenvalue weighted by molar-refractivity contribution is 14.1. The summed E-state index contributed by atoms with van der Waals surface area (Å²) in [5, 5.41) is 2.34. The zero-order chi connectivity index (χ0) is 15.0. The van der Waals surface area contributed by atoms with Gasteiger partial charge in [-0.3, -0.25) is 14.9 Å². The third-order valence-corrected chi connectivity index (χ3v) is 4.30. The zero-order valence-corrected chi connectivity index (χ0v) is 13.4. The number of hydrogen-bond acceptors (Lipinski definition) is 3. The van der Waals surface area contributed by atoms with Gasteiger partial charge in [0.25, 0.3) is 11.8 Å². The average Bonchev–Trinajstić information content (AvgIpc) is 2.75. The Labute approximate surface area is 135 Å². The monoisotopic (exact) mass is 393 g/mol. The van der Waals surface area contributed by atoms with Gasteiger partial charge in [0.1, 0.15) is 5.75 Å². The fourth-order valence-corrected chi connectivity index (χ4v) is 3.28. The molecule has 0 aliphatic carbocycles. The Morgan fingerprint density at radius 2 is 1.95 bits per heavy atom. The Hall–Kier alpha value is -1.89. The number of carbonyl (C=O) groups is 2. The second-order valence-electron chi connectivity index (χ2n) is 4.77. The third kappa shape index (κ3) is 2.53. The largest absolute Gasteiger partial charge is 0.496 e. The first-order valence-electron chi connectivity index (χ1n) is 6.40. The van der Waals surface area contributed by atoms with E-state index in [9.17, 15) is 9.59 Å². The number of ether oxygens (including phenoxy) is 1. The van der Waals surface area contributed by atoms with Crippen molar-refractivity contribution in [3.63, 3.8) is 0 Å². The van der Waals surface area contributed by atoms with Gasteiger partial charge in [0, 0.05) is 0 Å². The highest BCUT2D eigenvalue weighted by Crippen LogP contribution is 2.26. The lowest BCUT2D eigenvalue weighted by molar-refractivity contribution is 0.0879. The summed E-state index contributed by atoms with van der Waals surface area (Å²) >= 11 is 2.21.